The molecule has 2 fully saturated rings. The van der Waals surface area contributed by atoms with Crippen molar-refractivity contribution in [3.05, 3.63) is 0 Å². The summed E-state index contributed by atoms with van der Waals surface area (Å²) in [5, 5.41) is 0. The molecule has 2 nitrogen and oxygen atoms in total. The highest BCUT2D eigenvalue weighted by atomic mass is 16.2. The van der Waals surface area contributed by atoms with Crippen LogP contribution in [0.1, 0.15) is 38.5 Å². The molecule has 1 spiro atoms. The molecule has 2 aliphatic carbocycles. The van der Waals surface area contributed by atoms with Crippen LogP contribution < -0.4 is 0 Å². The van der Waals surface area contributed by atoms with Crippen molar-refractivity contribution < 1.29 is 9.59 Å². The molecule has 0 aliphatic heterocycles. The van der Waals surface area contributed by atoms with Crippen LogP contribution in [0.3, 0.4) is 0 Å². The van der Waals surface area contributed by atoms with Crippen LogP contribution in [0.5, 0.6) is 0 Å². The number of carbonyl (C=O) groups is 2. The Labute approximate surface area is 66.0 Å². The van der Waals surface area contributed by atoms with Gasteiger partial charge in [-0.2, -0.15) is 0 Å². The fraction of sp³-hybridized carbons (Fsp3) is 0.778. The Balaban J connectivity index is 2.33. The van der Waals surface area contributed by atoms with Crippen molar-refractivity contribution >= 4 is 11.6 Å². The Morgan fingerprint density at radius 2 is 1.36 bits per heavy atom. The molecule has 2 saturated carbocycles. The normalized spacial score (nSPS) is 28.7. The zero-order valence-electron chi connectivity index (χ0n) is 6.56. The van der Waals surface area contributed by atoms with Crippen LogP contribution in [0.4, 0.5) is 0 Å². The second kappa shape index (κ2) is 2.16. The van der Waals surface area contributed by atoms with Crippen LogP contribution in [0.2, 0.25) is 0 Å². The fourth-order valence-corrected chi connectivity index (χ4v) is 2.42. The average molecular weight is 152 g/mol. The molecule has 0 amide bonds. The lowest BCUT2D eigenvalue weighted by Crippen LogP contribution is -2.29. The van der Waals surface area contributed by atoms with E-state index in [-0.39, 0.29) is 11.6 Å². The molecule has 0 heterocycles. The van der Waals surface area contributed by atoms with Gasteiger partial charge in [-0.25, -0.2) is 0 Å². The molecule has 0 saturated heterocycles. The molecule has 0 aromatic heterocycles. The van der Waals surface area contributed by atoms with E-state index in [9.17, 15) is 9.59 Å². The minimum absolute atomic E-state index is 0.222. The van der Waals surface area contributed by atoms with Gasteiger partial charge < -0.3 is 0 Å². The highest BCUT2D eigenvalue weighted by molar-refractivity contribution is 6.09. The molecular weight excluding hydrogens is 140 g/mol. The van der Waals surface area contributed by atoms with Crippen molar-refractivity contribution in [2.24, 2.45) is 5.41 Å². The first-order valence-electron chi connectivity index (χ1n) is 4.32. The summed E-state index contributed by atoms with van der Waals surface area (Å²) in [6.45, 7) is 0. The summed E-state index contributed by atoms with van der Waals surface area (Å²) in [5.41, 5.74) is -0.472. The van der Waals surface area contributed by atoms with Gasteiger partial charge in [0, 0.05) is 12.8 Å². The van der Waals surface area contributed by atoms with E-state index < -0.39 is 5.41 Å². The Morgan fingerprint density at radius 1 is 0.909 bits per heavy atom. The lowest BCUT2D eigenvalue weighted by atomic mass is 9.83. The molecule has 0 aromatic rings. The quantitative estimate of drug-likeness (QED) is 0.493. The number of ketones is 2. The molecule has 11 heavy (non-hydrogen) atoms. The van der Waals surface area contributed by atoms with Gasteiger partial charge in [-0.15, -0.1) is 0 Å². The van der Waals surface area contributed by atoms with Gasteiger partial charge >= 0.3 is 0 Å². The van der Waals surface area contributed by atoms with Crippen molar-refractivity contribution in [3.8, 4) is 0 Å². The van der Waals surface area contributed by atoms with Crippen LogP contribution in [0.25, 0.3) is 0 Å². The summed E-state index contributed by atoms with van der Waals surface area (Å²) in [7, 11) is 0. The van der Waals surface area contributed by atoms with Crippen molar-refractivity contribution in [2.45, 2.75) is 38.5 Å². The molecule has 0 N–H and O–H groups in total. The minimum atomic E-state index is -0.472. The average Bonchev–Trinajstić information content (AvgIpc) is 2.48. The van der Waals surface area contributed by atoms with Crippen LogP contribution in [0.15, 0.2) is 0 Å². The predicted octanol–water partition coefficient (Wildman–Crippen LogP) is 1.48. The summed E-state index contributed by atoms with van der Waals surface area (Å²) in [6, 6.07) is 0. The third-order valence-corrected chi connectivity index (χ3v) is 3.08. The van der Waals surface area contributed by atoms with Gasteiger partial charge in [-0.1, -0.05) is 0 Å². The van der Waals surface area contributed by atoms with Gasteiger partial charge in [0.1, 0.15) is 11.6 Å². The summed E-state index contributed by atoms with van der Waals surface area (Å²) in [4.78, 5) is 22.8. The Hall–Kier alpha value is -0.660. The first-order valence-corrected chi connectivity index (χ1v) is 4.32. The molecule has 2 aliphatic rings. The number of rotatable bonds is 0. The lowest BCUT2D eigenvalue weighted by molar-refractivity contribution is -0.136. The summed E-state index contributed by atoms with van der Waals surface area (Å²) in [5.74, 6) is 0.444. The first-order chi connectivity index (χ1) is 5.26. The predicted molar refractivity (Wildman–Crippen MR) is 40.1 cm³/mol. The molecule has 0 radical (unpaired) electrons. The number of hydrogen-bond acceptors (Lipinski definition) is 2. The van der Waals surface area contributed by atoms with Gasteiger partial charge in [-0.05, 0) is 25.7 Å². The molecule has 0 bridgehead atoms. The molecule has 0 unspecified atom stereocenters. The van der Waals surface area contributed by atoms with Gasteiger partial charge in [0.05, 0.1) is 5.41 Å². The van der Waals surface area contributed by atoms with Crippen LogP contribution in [-0.4, -0.2) is 11.6 Å². The van der Waals surface area contributed by atoms with Gasteiger partial charge in [0.2, 0.25) is 0 Å². The van der Waals surface area contributed by atoms with E-state index in [2.05, 4.69) is 0 Å². The summed E-state index contributed by atoms with van der Waals surface area (Å²) in [6.07, 6.45) is 4.84. The van der Waals surface area contributed by atoms with Crippen molar-refractivity contribution in [1.29, 1.82) is 0 Å². The second-order valence-electron chi connectivity index (χ2n) is 3.64. The highest BCUT2D eigenvalue weighted by Crippen LogP contribution is 2.45. The highest BCUT2D eigenvalue weighted by Gasteiger charge is 2.50. The van der Waals surface area contributed by atoms with E-state index in [0.717, 1.165) is 25.7 Å². The third kappa shape index (κ3) is 0.784. The van der Waals surface area contributed by atoms with E-state index in [1.54, 1.807) is 0 Å². The zero-order valence-corrected chi connectivity index (χ0v) is 6.56. The molecular formula is C9H12O2. The van der Waals surface area contributed by atoms with Crippen molar-refractivity contribution in [3.63, 3.8) is 0 Å². The zero-order chi connectivity index (χ0) is 7.90. The maximum absolute atomic E-state index is 11.4. The SMILES string of the molecule is O=C1CCCC12CCCC2=O. The molecule has 0 atom stereocenters. The fourth-order valence-electron chi connectivity index (χ4n) is 2.42. The van der Waals surface area contributed by atoms with Gasteiger partial charge in [0.15, 0.2) is 0 Å². The number of Topliss-reactive ketones (excluding diaryl/α,β-unsaturated/α-hetero) is 2. The van der Waals surface area contributed by atoms with Crippen LogP contribution >= 0.6 is 0 Å². The Kier molecular flexibility index (Phi) is 1.38. The summed E-state index contributed by atoms with van der Waals surface area (Å²) >= 11 is 0. The van der Waals surface area contributed by atoms with E-state index in [4.69, 9.17) is 0 Å². The standard InChI is InChI=1S/C9H12O2/c10-7-3-1-5-9(7)6-2-4-8(9)11/h1-6H2. The topological polar surface area (TPSA) is 34.1 Å². The lowest BCUT2D eigenvalue weighted by Gasteiger charge is -2.17. The number of hydrogen-bond donors (Lipinski definition) is 0. The molecule has 0 aromatic carbocycles. The second-order valence-corrected chi connectivity index (χ2v) is 3.64. The Bertz CT molecular complexity index is 194. The van der Waals surface area contributed by atoms with Crippen LogP contribution in [-0.2, 0) is 9.59 Å². The largest absolute Gasteiger partial charge is 0.299 e. The van der Waals surface area contributed by atoms with Crippen LogP contribution in [0, 0.1) is 5.41 Å². The van der Waals surface area contributed by atoms with E-state index in [0.29, 0.717) is 12.8 Å². The molecule has 60 valence electrons. The number of carbonyl (C=O) groups excluding carboxylic acids is 2. The molecule has 2 rings (SSSR count). The van der Waals surface area contributed by atoms with E-state index in [1.165, 1.54) is 0 Å². The molecule has 2 heteroatoms. The maximum atomic E-state index is 11.4. The van der Waals surface area contributed by atoms with Crippen molar-refractivity contribution in [1.82, 2.24) is 0 Å². The van der Waals surface area contributed by atoms with E-state index in [1.807, 2.05) is 0 Å². The third-order valence-electron chi connectivity index (χ3n) is 3.08. The van der Waals surface area contributed by atoms with Gasteiger partial charge in [0.25, 0.3) is 0 Å². The van der Waals surface area contributed by atoms with Gasteiger partial charge in [-0.3, -0.25) is 9.59 Å². The van der Waals surface area contributed by atoms with E-state index >= 15 is 0 Å². The first kappa shape index (κ1) is 7.01. The van der Waals surface area contributed by atoms with Crippen molar-refractivity contribution in [2.75, 3.05) is 0 Å². The minimum Gasteiger partial charge on any atom is -0.299 e. The smallest absolute Gasteiger partial charge is 0.146 e. The Morgan fingerprint density at radius 3 is 1.64 bits per heavy atom. The monoisotopic (exact) mass is 152 g/mol. The summed E-state index contributed by atoms with van der Waals surface area (Å²) < 4.78 is 0. The maximum Gasteiger partial charge on any atom is 0.146 e.